The Kier molecular flexibility index (Phi) is 3.96. The van der Waals surface area contributed by atoms with Crippen LogP contribution >= 0.6 is 0 Å². The molecule has 2 aromatic rings. The molecule has 8 nitrogen and oxygen atoms in total. The molecule has 0 fully saturated rings. The number of aliphatic hydroxyl groups is 4. The van der Waals surface area contributed by atoms with Crippen molar-refractivity contribution in [2.24, 2.45) is 7.05 Å². The van der Waals surface area contributed by atoms with Gasteiger partial charge in [0.15, 0.2) is 5.82 Å². The number of imidazole rings is 2. The lowest BCUT2D eigenvalue weighted by Gasteiger charge is -2.20. The van der Waals surface area contributed by atoms with Crippen molar-refractivity contribution in [2.45, 2.75) is 18.3 Å². The van der Waals surface area contributed by atoms with E-state index in [0.717, 1.165) is 0 Å². The lowest BCUT2D eigenvalue weighted by atomic mass is 10.1. The van der Waals surface area contributed by atoms with Crippen molar-refractivity contribution in [2.75, 3.05) is 6.61 Å². The molecule has 8 heteroatoms. The molecular formula is C11H16N4O4. The molecular weight excluding hydrogens is 252 g/mol. The molecule has 0 saturated carbocycles. The number of H-pyrrole nitrogens is 1. The zero-order valence-electron chi connectivity index (χ0n) is 10.3. The third-order valence-corrected chi connectivity index (χ3v) is 2.77. The molecule has 0 aliphatic heterocycles. The van der Waals surface area contributed by atoms with Crippen LogP contribution in [0.2, 0.25) is 0 Å². The number of aromatic nitrogens is 4. The van der Waals surface area contributed by atoms with Crippen molar-refractivity contribution < 1.29 is 20.4 Å². The van der Waals surface area contributed by atoms with Gasteiger partial charge in [0.25, 0.3) is 0 Å². The summed E-state index contributed by atoms with van der Waals surface area (Å²) in [7, 11) is 1.82. The van der Waals surface area contributed by atoms with Crippen molar-refractivity contribution in [3.63, 3.8) is 0 Å². The zero-order chi connectivity index (χ0) is 14.0. The molecule has 3 atom stereocenters. The highest BCUT2D eigenvalue weighted by Gasteiger charge is 2.27. The minimum absolute atomic E-state index is 0.237. The Labute approximate surface area is 109 Å². The van der Waals surface area contributed by atoms with E-state index in [9.17, 15) is 15.3 Å². The van der Waals surface area contributed by atoms with Crippen LogP contribution in [0.25, 0.3) is 11.5 Å². The van der Waals surface area contributed by atoms with Crippen molar-refractivity contribution in [1.82, 2.24) is 19.5 Å². The van der Waals surface area contributed by atoms with Crippen LogP contribution < -0.4 is 0 Å². The summed E-state index contributed by atoms with van der Waals surface area (Å²) in [6, 6.07) is 0. The largest absolute Gasteiger partial charge is 0.394 e. The van der Waals surface area contributed by atoms with Crippen molar-refractivity contribution in [3.8, 4) is 11.5 Å². The molecule has 2 aromatic heterocycles. The van der Waals surface area contributed by atoms with Crippen LogP contribution in [0.5, 0.6) is 0 Å². The topological polar surface area (TPSA) is 127 Å². The molecule has 2 heterocycles. The Morgan fingerprint density at radius 2 is 2.05 bits per heavy atom. The highest BCUT2D eigenvalue weighted by molar-refractivity contribution is 5.47. The number of aromatic amines is 1. The molecule has 0 radical (unpaired) electrons. The van der Waals surface area contributed by atoms with E-state index in [2.05, 4.69) is 15.0 Å². The first-order valence-corrected chi connectivity index (χ1v) is 5.71. The van der Waals surface area contributed by atoms with Gasteiger partial charge in [-0.15, -0.1) is 0 Å². The minimum Gasteiger partial charge on any atom is -0.394 e. The predicted molar refractivity (Wildman–Crippen MR) is 64.8 cm³/mol. The SMILES string of the molecule is Cn1cnc(-c2ncc([C@@H](O)[C@H](O)[C@H](O)CO)[nH]2)c1. The summed E-state index contributed by atoms with van der Waals surface area (Å²) in [6.07, 6.45) is 0.416. The Bertz CT molecular complexity index is 538. The van der Waals surface area contributed by atoms with E-state index in [4.69, 9.17) is 5.11 Å². The van der Waals surface area contributed by atoms with Gasteiger partial charge in [0.1, 0.15) is 24.0 Å². The van der Waals surface area contributed by atoms with Crippen molar-refractivity contribution in [3.05, 3.63) is 24.4 Å². The summed E-state index contributed by atoms with van der Waals surface area (Å²) >= 11 is 0. The number of nitrogens with zero attached hydrogens (tertiary/aromatic N) is 3. The van der Waals surface area contributed by atoms with E-state index < -0.39 is 24.9 Å². The van der Waals surface area contributed by atoms with E-state index in [1.807, 2.05) is 7.05 Å². The Morgan fingerprint density at radius 3 is 2.63 bits per heavy atom. The lowest BCUT2D eigenvalue weighted by molar-refractivity contribution is -0.0788. The molecule has 0 unspecified atom stereocenters. The van der Waals surface area contributed by atoms with Gasteiger partial charge in [-0.1, -0.05) is 0 Å². The second-order valence-electron chi connectivity index (χ2n) is 4.30. The van der Waals surface area contributed by atoms with Crippen LogP contribution in [0.15, 0.2) is 18.7 Å². The molecule has 0 saturated heterocycles. The van der Waals surface area contributed by atoms with Gasteiger partial charge in [-0.25, -0.2) is 9.97 Å². The molecule has 0 aliphatic rings. The second kappa shape index (κ2) is 5.49. The van der Waals surface area contributed by atoms with E-state index in [1.54, 1.807) is 17.1 Å². The van der Waals surface area contributed by atoms with E-state index >= 15 is 0 Å². The molecule has 104 valence electrons. The smallest absolute Gasteiger partial charge is 0.157 e. The van der Waals surface area contributed by atoms with Crippen LogP contribution in [-0.4, -0.2) is 58.8 Å². The summed E-state index contributed by atoms with van der Waals surface area (Å²) in [5.41, 5.74) is 0.832. The monoisotopic (exact) mass is 268 g/mol. The minimum atomic E-state index is -1.50. The van der Waals surface area contributed by atoms with E-state index in [1.165, 1.54) is 6.20 Å². The first-order valence-electron chi connectivity index (χ1n) is 5.71. The molecule has 0 aromatic carbocycles. The lowest BCUT2D eigenvalue weighted by Crippen LogP contribution is -2.34. The maximum Gasteiger partial charge on any atom is 0.157 e. The summed E-state index contributed by atoms with van der Waals surface area (Å²) in [5, 5.41) is 37.4. The standard InChI is InChI=1S/C11H16N4O4/c1-15-3-7(13-5-15)11-12-2-6(14-11)9(18)10(19)8(17)4-16/h2-3,5,8-10,16-19H,4H2,1H3,(H,12,14)/t8-,9-,10-/m1/s1. The highest BCUT2D eigenvalue weighted by Crippen LogP contribution is 2.20. The molecule has 0 aliphatic carbocycles. The van der Waals surface area contributed by atoms with Crippen molar-refractivity contribution in [1.29, 1.82) is 0 Å². The van der Waals surface area contributed by atoms with Gasteiger partial charge in [0, 0.05) is 13.2 Å². The molecule has 0 bridgehead atoms. The summed E-state index contributed by atoms with van der Waals surface area (Å²) < 4.78 is 1.75. The Morgan fingerprint density at radius 1 is 1.32 bits per heavy atom. The third-order valence-electron chi connectivity index (χ3n) is 2.77. The molecule has 19 heavy (non-hydrogen) atoms. The van der Waals surface area contributed by atoms with E-state index in [-0.39, 0.29) is 5.69 Å². The van der Waals surface area contributed by atoms with Gasteiger partial charge in [-0.2, -0.15) is 0 Å². The zero-order valence-corrected chi connectivity index (χ0v) is 10.3. The van der Waals surface area contributed by atoms with Crippen LogP contribution in [0.3, 0.4) is 0 Å². The third kappa shape index (κ3) is 2.82. The average molecular weight is 268 g/mol. The normalized spacial score (nSPS) is 16.3. The van der Waals surface area contributed by atoms with Gasteiger partial charge in [-0.05, 0) is 0 Å². The highest BCUT2D eigenvalue weighted by atomic mass is 16.4. The molecule has 2 rings (SSSR count). The van der Waals surface area contributed by atoms with Gasteiger partial charge >= 0.3 is 0 Å². The number of nitrogens with one attached hydrogen (secondary N) is 1. The average Bonchev–Trinajstić information content (AvgIpc) is 3.04. The summed E-state index contributed by atoms with van der Waals surface area (Å²) in [6.45, 7) is -0.639. The van der Waals surface area contributed by atoms with Crippen LogP contribution in [0.1, 0.15) is 11.8 Å². The first kappa shape index (κ1) is 13.7. The fourth-order valence-electron chi connectivity index (χ4n) is 1.65. The van der Waals surface area contributed by atoms with Gasteiger partial charge in [0.2, 0.25) is 0 Å². The number of rotatable bonds is 5. The van der Waals surface area contributed by atoms with Crippen LogP contribution in [-0.2, 0) is 7.05 Å². The van der Waals surface area contributed by atoms with E-state index in [0.29, 0.717) is 11.5 Å². The Balaban J connectivity index is 2.17. The maximum atomic E-state index is 9.84. The number of hydrogen-bond acceptors (Lipinski definition) is 6. The number of hydrogen-bond donors (Lipinski definition) is 5. The first-order chi connectivity index (χ1) is 9.02. The maximum absolute atomic E-state index is 9.84. The second-order valence-corrected chi connectivity index (χ2v) is 4.30. The van der Waals surface area contributed by atoms with Gasteiger partial charge in [-0.3, -0.25) is 0 Å². The van der Waals surface area contributed by atoms with Crippen LogP contribution in [0.4, 0.5) is 0 Å². The molecule has 5 N–H and O–H groups in total. The quantitative estimate of drug-likeness (QED) is 0.452. The molecule has 0 amide bonds. The number of aryl methyl sites for hydroxylation is 1. The fraction of sp³-hybridized carbons (Fsp3) is 0.455. The predicted octanol–water partition coefficient (Wildman–Crippen LogP) is -1.44. The van der Waals surface area contributed by atoms with Gasteiger partial charge in [0.05, 0.1) is 24.8 Å². The Hall–Kier alpha value is -1.74. The van der Waals surface area contributed by atoms with Crippen molar-refractivity contribution >= 4 is 0 Å². The fourth-order valence-corrected chi connectivity index (χ4v) is 1.65. The van der Waals surface area contributed by atoms with Gasteiger partial charge < -0.3 is 30.0 Å². The summed E-state index contributed by atoms with van der Waals surface area (Å²) in [5.74, 6) is 0.445. The summed E-state index contributed by atoms with van der Waals surface area (Å²) in [4.78, 5) is 10.9. The van der Waals surface area contributed by atoms with Crippen LogP contribution in [0, 0.1) is 0 Å². The molecule has 0 spiro atoms. The number of aliphatic hydroxyl groups excluding tert-OH is 4.